The van der Waals surface area contributed by atoms with Gasteiger partial charge in [-0.05, 0) is 36.7 Å². The van der Waals surface area contributed by atoms with Crippen LogP contribution in [0.2, 0.25) is 0 Å². The normalized spacial score (nSPS) is 16.7. The second-order valence-corrected chi connectivity index (χ2v) is 6.60. The fourth-order valence-corrected chi connectivity index (χ4v) is 3.10. The number of pyridine rings is 1. The Morgan fingerprint density at radius 1 is 0.957 bits per heavy atom. The van der Waals surface area contributed by atoms with Gasteiger partial charge >= 0.3 is 0 Å². The highest BCUT2D eigenvalue weighted by molar-refractivity contribution is 5.63. The molecule has 1 aromatic carbocycles. The molecule has 0 N–H and O–H groups in total. The lowest BCUT2D eigenvalue weighted by atomic mass is 10.0. The third-order valence-electron chi connectivity index (χ3n) is 4.65. The average Bonchev–Trinajstić information content (AvgIpc) is 2.55. The lowest BCUT2D eigenvalue weighted by molar-refractivity contribution is 0.148. The first-order valence-corrected chi connectivity index (χ1v) is 8.20. The fourth-order valence-electron chi connectivity index (χ4n) is 3.10. The maximum Gasteiger partial charge on any atom is 0.253 e. The van der Waals surface area contributed by atoms with Crippen LogP contribution in [0.5, 0.6) is 0 Å². The van der Waals surface area contributed by atoms with Gasteiger partial charge in [-0.15, -0.1) is 0 Å². The molecule has 4 heteroatoms. The van der Waals surface area contributed by atoms with Gasteiger partial charge in [0, 0.05) is 51.5 Å². The summed E-state index contributed by atoms with van der Waals surface area (Å²) in [7, 11) is 3.99. The Kier molecular flexibility index (Phi) is 4.64. The first-order chi connectivity index (χ1) is 11.0. The van der Waals surface area contributed by atoms with Crippen molar-refractivity contribution in [1.29, 1.82) is 0 Å². The van der Waals surface area contributed by atoms with Crippen molar-refractivity contribution in [3.63, 3.8) is 0 Å². The molecule has 0 saturated carbocycles. The molecule has 2 aromatic rings. The predicted molar refractivity (Wildman–Crippen MR) is 94.6 cm³/mol. The van der Waals surface area contributed by atoms with E-state index >= 15 is 0 Å². The topological polar surface area (TPSA) is 28.5 Å². The van der Waals surface area contributed by atoms with Gasteiger partial charge in [-0.25, -0.2) is 0 Å². The third-order valence-corrected chi connectivity index (χ3v) is 4.65. The molecule has 1 aliphatic heterocycles. The Bertz CT molecular complexity index is 699. The van der Waals surface area contributed by atoms with E-state index in [9.17, 15) is 4.79 Å². The molecule has 0 atom stereocenters. The van der Waals surface area contributed by atoms with Crippen molar-refractivity contribution in [1.82, 2.24) is 14.4 Å². The summed E-state index contributed by atoms with van der Waals surface area (Å²) >= 11 is 0. The molecule has 2 heterocycles. The van der Waals surface area contributed by atoms with Crippen LogP contribution in [0.15, 0.2) is 41.3 Å². The van der Waals surface area contributed by atoms with E-state index in [1.807, 2.05) is 19.2 Å². The van der Waals surface area contributed by atoms with Crippen molar-refractivity contribution in [3.8, 4) is 11.1 Å². The molecule has 4 nitrogen and oxygen atoms in total. The number of rotatable bonds is 3. The maximum atomic E-state index is 11.8. The Hall–Kier alpha value is -1.91. The van der Waals surface area contributed by atoms with E-state index in [1.165, 1.54) is 5.56 Å². The molecule has 3 rings (SSSR count). The summed E-state index contributed by atoms with van der Waals surface area (Å²) in [5.41, 5.74) is 4.45. The molecule has 122 valence electrons. The number of nitrogens with zero attached hydrogens (tertiary/aromatic N) is 3. The quantitative estimate of drug-likeness (QED) is 0.869. The van der Waals surface area contributed by atoms with Gasteiger partial charge in [0.1, 0.15) is 0 Å². The minimum atomic E-state index is 0.0698. The Labute approximate surface area is 138 Å². The Morgan fingerprint density at radius 3 is 2.22 bits per heavy atom. The zero-order chi connectivity index (χ0) is 16.4. The molecule has 1 aromatic heterocycles. The van der Waals surface area contributed by atoms with Crippen molar-refractivity contribution >= 4 is 0 Å². The van der Waals surface area contributed by atoms with Gasteiger partial charge in [-0.3, -0.25) is 9.69 Å². The number of piperazine rings is 1. The van der Waals surface area contributed by atoms with E-state index < -0.39 is 0 Å². The van der Waals surface area contributed by atoms with E-state index in [1.54, 1.807) is 11.6 Å². The van der Waals surface area contributed by atoms with Crippen molar-refractivity contribution in [2.45, 2.75) is 13.5 Å². The van der Waals surface area contributed by atoms with Crippen LogP contribution < -0.4 is 5.56 Å². The molecule has 23 heavy (non-hydrogen) atoms. The number of aryl methyl sites for hydroxylation is 2. The molecule has 1 fully saturated rings. The van der Waals surface area contributed by atoms with Gasteiger partial charge in [0.25, 0.3) is 5.56 Å². The molecule has 0 radical (unpaired) electrons. The third kappa shape index (κ3) is 3.71. The van der Waals surface area contributed by atoms with E-state index in [4.69, 9.17) is 0 Å². The van der Waals surface area contributed by atoms with E-state index in [-0.39, 0.29) is 5.56 Å². The summed E-state index contributed by atoms with van der Waals surface area (Å²) in [6.45, 7) is 7.45. The maximum absolute atomic E-state index is 11.8. The predicted octanol–water partition coefficient (Wildman–Crippen LogP) is 2.11. The minimum absolute atomic E-state index is 0.0698. The molecule has 0 amide bonds. The Balaban J connectivity index is 1.73. The van der Waals surface area contributed by atoms with Gasteiger partial charge in [-0.1, -0.05) is 24.3 Å². The van der Waals surface area contributed by atoms with Crippen LogP contribution in [0.1, 0.15) is 11.1 Å². The molecule has 1 saturated heterocycles. The summed E-state index contributed by atoms with van der Waals surface area (Å²) in [5, 5.41) is 0. The minimum Gasteiger partial charge on any atom is -0.318 e. The molecular formula is C19H25N3O. The van der Waals surface area contributed by atoms with Gasteiger partial charge in [0.15, 0.2) is 0 Å². The van der Waals surface area contributed by atoms with Crippen LogP contribution in [0.25, 0.3) is 11.1 Å². The molecule has 0 aliphatic carbocycles. The van der Waals surface area contributed by atoms with Gasteiger partial charge in [-0.2, -0.15) is 0 Å². The van der Waals surface area contributed by atoms with Crippen molar-refractivity contribution in [2.24, 2.45) is 7.05 Å². The largest absolute Gasteiger partial charge is 0.318 e. The van der Waals surface area contributed by atoms with Crippen LogP contribution >= 0.6 is 0 Å². The number of hydrogen-bond acceptors (Lipinski definition) is 3. The summed E-state index contributed by atoms with van der Waals surface area (Å²) in [5.74, 6) is 0. The van der Waals surface area contributed by atoms with Gasteiger partial charge in [0.2, 0.25) is 0 Å². The van der Waals surface area contributed by atoms with Crippen LogP contribution in [-0.2, 0) is 13.6 Å². The SMILES string of the molecule is Cc1cc(-c2ccc(CN3CCN(C)CC3)cc2)cn(C)c1=O. The molecule has 0 spiro atoms. The molecule has 0 bridgehead atoms. The van der Waals surface area contributed by atoms with Gasteiger partial charge < -0.3 is 9.47 Å². The summed E-state index contributed by atoms with van der Waals surface area (Å²) in [4.78, 5) is 16.7. The van der Waals surface area contributed by atoms with Crippen LogP contribution in [0.3, 0.4) is 0 Å². The van der Waals surface area contributed by atoms with Crippen LogP contribution in [-0.4, -0.2) is 47.6 Å². The van der Waals surface area contributed by atoms with Gasteiger partial charge in [0.05, 0.1) is 0 Å². The number of likely N-dealkylation sites (N-methyl/N-ethyl adjacent to an activating group) is 1. The summed E-state index contributed by atoms with van der Waals surface area (Å²) < 4.78 is 1.66. The van der Waals surface area contributed by atoms with Crippen molar-refractivity contribution in [3.05, 3.63) is 58.0 Å². The van der Waals surface area contributed by atoms with E-state index in [0.717, 1.165) is 49.4 Å². The zero-order valence-corrected chi connectivity index (χ0v) is 14.2. The average molecular weight is 311 g/mol. The van der Waals surface area contributed by atoms with Crippen molar-refractivity contribution < 1.29 is 0 Å². The summed E-state index contributed by atoms with van der Waals surface area (Å²) in [6, 6.07) is 10.7. The van der Waals surface area contributed by atoms with Crippen LogP contribution in [0, 0.1) is 6.92 Å². The lowest BCUT2D eigenvalue weighted by Gasteiger charge is -2.32. The first kappa shape index (κ1) is 16.0. The number of benzene rings is 1. The standard InChI is InChI=1S/C19H25N3O/c1-15-12-18(14-21(3)19(15)23)17-6-4-16(5-7-17)13-22-10-8-20(2)9-11-22/h4-7,12,14H,8-11,13H2,1-3H3. The van der Waals surface area contributed by atoms with E-state index in [0.29, 0.717) is 0 Å². The first-order valence-electron chi connectivity index (χ1n) is 8.20. The van der Waals surface area contributed by atoms with Crippen LogP contribution in [0.4, 0.5) is 0 Å². The second kappa shape index (κ2) is 6.69. The Morgan fingerprint density at radius 2 is 1.61 bits per heavy atom. The van der Waals surface area contributed by atoms with E-state index in [2.05, 4.69) is 41.1 Å². The molecule has 0 unspecified atom stereocenters. The highest BCUT2D eigenvalue weighted by Crippen LogP contribution is 2.20. The number of hydrogen-bond donors (Lipinski definition) is 0. The highest BCUT2D eigenvalue weighted by atomic mass is 16.1. The zero-order valence-electron chi connectivity index (χ0n) is 14.2. The second-order valence-electron chi connectivity index (χ2n) is 6.60. The monoisotopic (exact) mass is 311 g/mol. The fraction of sp³-hybridized carbons (Fsp3) is 0.421. The molecular weight excluding hydrogens is 286 g/mol. The summed E-state index contributed by atoms with van der Waals surface area (Å²) in [6.07, 6.45) is 1.91. The van der Waals surface area contributed by atoms with Crippen molar-refractivity contribution in [2.75, 3.05) is 33.2 Å². The smallest absolute Gasteiger partial charge is 0.253 e. The molecule has 1 aliphatic rings. The lowest BCUT2D eigenvalue weighted by Crippen LogP contribution is -2.43. The number of aromatic nitrogens is 1. The highest BCUT2D eigenvalue weighted by Gasteiger charge is 2.13.